The molecule has 1 N–H and O–H groups in total. The van der Waals surface area contributed by atoms with Crippen molar-refractivity contribution in [1.82, 2.24) is 0 Å². The maximum Gasteiger partial charge on any atom is 0.303 e. The lowest BCUT2D eigenvalue weighted by atomic mass is 10.0. The van der Waals surface area contributed by atoms with Crippen molar-refractivity contribution in [2.75, 3.05) is 11.9 Å². The van der Waals surface area contributed by atoms with Crippen molar-refractivity contribution in [2.45, 2.75) is 38.6 Å². The molecular formula is C14H19NO2. The Labute approximate surface area is 102 Å². The van der Waals surface area contributed by atoms with Gasteiger partial charge in [-0.25, -0.2) is 0 Å². The second kappa shape index (κ2) is 4.78. The lowest BCUT2D eigenvalue weighted by Crippen LogP contribution is -2.28. The van der Waals surface area contributed by atoms with Gasteiger partial charge in [-0.15, -0.1) is 0 Å². The molecule has 0 aliphatic carbocycles. The first kappa shape index (κ1) is 12.0. The van der Waals surface area contributed by atoms with Gasteiger partial charge in [-0.3, -0.25) is 4.79 Å². The number of carboxylic acids is 1. The van der Waals surface area contributed by atoms with Gasteiger partial charge in [0.25, 0.3) is 0 Å². The van der Waals surface area contributed by atoms with Gasteiger partial charge < -0.3 is 10.0 Å². The SMILES string of the molecule is CCc1cccc2c1N(C)C(CCC(=O)O)C2. The van der Waals surface area contributed by atoms with Crippen LogP contribution in [0.25, 0.3) is 0 Å². The average Bonchev–Trinajstić information content (AvgIpc) is 2.64. The van der Waals surface area contributed by atoms with Crippen molar-refractivity contribution in [3.63, 3.8) is 0 Å². The van der Waals surface area contributed by atoms with Crippen LogP contribution in [-0.2, 0) is 17.6 Å². The zero-order chi connectivity index (χ0) is 12.4. The molecule has 3 nitrogen and oxygen atoms in total. The number of carbonyl (C=O) groups is 1. The fourth-order valence-electron chi connectivity index (χ4n) is 2.71. The summed E-state index contributed by atoms with van der Waals surface area (Å²) in [5.41, 5.74) is 4.05. The van der Waals surface area contributed by atoms with Crippen molar-refractivity contribution in [1.29, 1.82) is 0 Å². The number of hydrogen-bond donors (Lipinski definition) is 1. The summed E-state index contributed by atoms with van der Waals surface area (Å²) in [5.74, 6) is -0.704. The van der Waals surface area contributed by atoms with Crippen molar-refractivity contribution < 1.29 is 9.90 Å². The molecule has 0 amide bonds. The summed E-state index contributed by atoms with van der Waals surface area (Å²) < 4.78 is 0. The molecule has 0 bridgehead atoms. The molecular weight excluding hydrogens is 214 g/mol. The molecule has 0 saturated heterocycles. The van der Waals surface area contributed by atoms with Gasteiger partial charge in [0.15, 0.2) is 0 Å². The summed E-state index contributed by atoms with van der Waals surface area (Å²) in [6.07, 6.45) is 2.99. The van der Waals surface area contributed by atoms with E-state index in [1.54, 1.807) is 0 Å². The molecule has 92 valence electrons. The van der Waals surface area contributed by atoms with Crippen molar-refractivity contribution in [2.24, 2.45) is 0 Å². The second-order valence-corrected chi connectivity index (χ2v) is 4.68. The number of nitrogens with zero attached hydrogens (tertiary/aromatic N) is 1. The van der Waals surface area contributed by atoms with Crippen LogP contribution in [0.5, 0.6) is 0 Å². The largest absolute Gasteiger partial charge is 0.481 e. The number of carboxylic acid groups (broad SMARTS) is 1. The highest BCUT2D eigenvalue weighted by molar-refractivity contribution is 5.68. The lowest BCUT2D eigenvalue weighted by Gasteiger charge is -2.23. The number of fused-ring (bicyclic) bond motifs is 1. The van der Waals surface area contributed by atoms with Gasteiger partial charge in [-0.1, -0.05) is 25.1 Å². The molecule has 1 aromatic carbocycles. The maximum absolute atomic E-state index is 10.6. The van der Waals surface area contributed by atoms with Crippen LogP contribution in [-0.4, -0.2) is 24.2 Å². The number of hydrogen-bond acceptors (Lipinski definition) is 2. The normalized spacial score (nSPS) is 18.2. The predicted molar refractivity (Wildman–Crippen MR) is 68.6 cm³/mol. The lowest BCUT2D eigenvalue weighted by molar-refractivity contribution is -0.137. The monoisotopic (exact) mass is 233 g/mol. The van der Waals surface area contributed by atoms with Gasteiger partial charge in [0.2, 0.25) is 0 Å². The van der Waals surface area contributed by atoms with Crippen molar-refractivity contribution >= 4 is 11.7 Å². The Morgan fingerprint density at radius 1 is 1.53 bits per heavy atom. The highest BCUT2D eigenvalue weighted by atomic mass is 16.4. The summed E-state index contributed by atoms with van der Waals surface area (Å²) in [4.78, 5) is 12.9. The number of para-hydroxylation sites is 1. The number of aliphatic carboxylic acids is 1. The van der Waals surface area contributed by atoms with Crippen LogP contribution in [0, 0.1) is 0 Å². The summed E-state index contributed by atoms with van der Waals surface area (Å²) >= 11 is 0. The molecule has 2 rings (SSSR count). The molecule has 1 atom stereocenters. The van der Waals surface area contributed by atoms with E-state index in [1.807, 2.05) is 0 Å². The quantitative estimate of drug-likeness (QED) is 0.868. The Bertz CT molecular complexity index is 428. The minimum atomic E-state index is -0.704. The van der Waals surface area contributed by atoms with Crippen LogP contribution < -0.4 is 4.90 Å². The van der Waals surface area contributed by atoms with E-state index in [4.69, 9.17) is 5.11 Å². The van der Waals surface area contributed by atoms with Crippen LogP contribution in [0.15, 0.2) is 18.2 Å². The van der Waals surface area contributed by atoms with Gasteiger partial charge >= 0.3 is 5.97 Å². The Morgan fingerprint density at radius 2 is 2.29 bits per heavy atom. The first-order chi connectivity index (χ1) is 8.13. The third-order valence-electron chi connectivity index (χ3n) is 3.63. The predicted octanol–water partition coefficient (Wildman–Crippen LogP) is 2.47. The first-order valence-electron chi connectivity index (χ1n) is 6.19. The highest BCUT2D eigenvalue weighted by Crippen LogP contribution is 2.35. The molecule has 1 aliphatic heterocycles. The minimum absolute atomic E-state index is 0.254. The zero-order valence-electron chi connectivity index (χ0n) is 10.4. The van der Waals surface area contributed by atoms with E-state index in [0.717, 1.165) is 19.3 Å². The Balaban J connectivity index is 2.17. The van der Waals surface area contributed by atoms with Crippen LogP contribution in [0.2, 0.25) is 0 Å². The number of anilines is 1. The van der Waals surface area contributed by atoms with E-state index in [2.05, 4.69) is 37.1 Å². The molecule has 0 fully saturated rings. The number of likely N-dealkylation sites (N-methyl/N-ethyl adjacent to an activating group) is 1. The summed E-state index contributed by atoms with van der Waals surface area (Å²) in [5, 5.41) is 8.76. The first-order valence-corrected chi connectivity index (χ1v) is 6.19. The molecule has 0 saturated carbocycles. The van der Waals surface area contributed by atoms with Gasteiger partial charge in [0.1, 0.15) is 0 Å². The average molecular weight is 233 g/mol. The van der Waals surface area contributed by atoms with E-state index >= 15 is 0 Å². The van der Waals surface area contributed by atoms with Crippen molar-refractivity contribution in [3.05, 3.63) is 29.3 Å². The molecule has 1 unspecified atom stereocenters. The number of aryl methyl sites for hydroxylation is 1. The summed E-state index contributed by atoms with van der Waals surface area (Å²) in [7, 11) is 2.08. The van der Waals surface area contributed by atoms with Crippen LogP contribution in [0.1, 0.15) is 30.9 Å². The van der Waals surface area contributed by atoms with E-state index < -0.39 is 5.97 Å². The fraction of sp³-hybridized carbons (Fsp3) is 0.500. The van der Waals surface area contributed by atoms with Crippen molar-refractivity contribution in [3.8, 4) is 0 Å². The number of benzene rings is 1. The Kier molecular flexibility index (Phi) is 3.36. The van der Waals surface area contributed by atoms with E-state index in [9.17, 15) is 4.79 Å². The third kappa shape index (κ3) is 2.28. The van der Waals surface area contributed by atoms with Crippen LogP contribution in [0.4, 0.5) is 5.69 Å². The number of rotatable bonds is 4. The van der Waals surface area contributed by atoms with Crippen LogP contribution in [0.3, 0.4) is 0 Å². The zero-order valence-corrected chi connectivity index (χ0v) is 10.4. The molecule has 0 aromatic heterocycles. The standard InChI is InChI=1S/C14H19NO2/c1-3-10-5-4-6-11-9-12(7-8-13(16)17)15(2)14(10)11/h4-6,12H,3,7-9H2,1-2H3,(H,16,17). The smallest absolute Gasteiger partial charge is 0.303 e. The summed E-state index contributed by atoms with van der Waals surface area (Å²) in [6.45, 7) is 2.16. The van der Waals surface area contributed by atoms with Crippen LogP contribution >= 0.6 is 0 Å². The molecule has 1 heterocycles. The molecule has 17 heavy (non-hydrogen) atoms. The molecule has 3 heteroatoms. The maximum atomic E-state index is 10.6. The minimum Gasteiger partial charge on any atom is -0.481 e. The Hall–Kier alpha value is -1.51. The third-order valence-corrected chi connectivity index (χ3v) is 3.63. The molecule has 1 aliphatic rings. The summed E-state index contributed by atoms with van der Waals surface area (Å²) in [6, 6.07) is 6.76. The van der Waals surface area contributed by atoms with E-state index in [1.165, 1.54) is 16.8 Å². The second-order valence-electron chi connectivity index (χ2n) is 4.68. The molecule has 1 aromatic rings. The highest BCUT2D eigenvalue weighted by Gasteiger charge is 2.28. The fourth-order valence-corrected chi connectivity index (χ4v) is 2.71. The van der Waals surface area contributed by atoms with Gasteiger partial charge in [-0.05, 0) is 30.4 Å². The topological polar surface area (TPSA) is 40.5 Å². The van der Waals surface area contributed by atoms with Gasteiger partial charge in [0.05, 0.1) is 0 Å². The van der Waals surface area contributed by atoms with E-state index in [-0.39, 0.29) is 6.42 Å². The van der Waals surface area contributed by atoms with Gasteiger partial charge in [0, 0.05) is 25.2 Å². The van der Waals surface area contributed by atoms with E-state index in [0.29, 0.717) is 6.04 Å². The molecule has 0 spiro atoms. The van der Waals surface area contributed by atoms with Gasteiger partial charge in [-0.2, -0.15) is 0 Å². The molecule has 0 radical (unpaired) electrons. The Morgan fingerprint density at radius 3 is 2.94 bits per heavy atom.